The molecule has 35 heavy (non-hydrogen) atoms. The average Bonchev–Trinajstić information content (AvgIpc) is 3.28. The third-order valence-electron chi connectivity index (χ3n) is 6.35. The van der Waals surface area contributed by atoms with Crippen LogP contribution in [-0.4, -0.2) is 62.0 Å². The lowest BCUT2D eigenvalue weighted by molar-refractivity contribution is 0.0123. The second-order valence-electron chi connectivity index (χ2n) is 10.2. The topological polar surface area (TPSA) is 92.1 Å². The number of piperazine rings is 1. The number of hydrogen-bond donors (Lipinski definition) is 1. The number of aryl methyl sites for hydroxylation is 1. The number of nitrogens with one attached hydrogen (secondary N) is 1. The fraction of sp³-hybridized carbons (Fsp3) is 0.440. The molecule has 2 saturated heterocycles. The highest BCUT2D eigenvalue weighted by Gasteiger charge is 2.44. The quantitative estimate of drug-likeness (QED) is 0.609. The van der Waals surface area contributed by atoms with Gasteiger partial charge in [0.2, 0.25) is 0 Å². The number of anilines is 2. The number of fused-ring (bicyclic) bond motifs is 3. The van der Waals surface area contributed by atoms with Crippen molar-refractivity contribution in [2.45, 2.75) is 58.2 Å². The molecule has 5 rings (SSSR count). The first-order valence-electron chi connectivity index (χ1n) is 11.8. The Morgan fingerprint density at radius 1 is 1.14 bits per heavy atom. The molecule has 184 valence electrons. The first-order chi connectivity index (χ1) is 16.6. The summed E-state index contributed by atoms with van der Waals surface area (Å²) in [6.45, 7) is 8.65. The zero-order valence-corrected chi connectivity index (χ0v) is 20.3. The van der Waals surface area contributed by atoms with Gasteiger partial charge < -0.3 is 19.4 Å². The Bertz CT molecular complexity index is 1290. The normalized spacial score (nSPS) is 19.8. The number of rotatable bonds is 3. The molecule has 0 aliphatic carbocycles. The molecular weight excluding hydrogens is 451 g/mol. The molecule has 9 nitrogen and oxygen atoms in total. The van der Waals surface area contributed by atoms with E-state index >= 15 is 0 Å². The van der Waals surface area contributed by atoms with Crippen LogP contribution in [0.25, 0.3) is 5.65 Å². The molecule has 1 N–H and O–H groups in total. The number of carbonyl (C=O) groups is 2. The Labute approximate surface area is 202 Å². The summed E-state index contributed by atoms with van der Waals surface area (Å²) in [7, 11) is 0. The maximum Gasteiger partial charge on any atom is 0.410 e. The minimum Gasteiger partial charge on any atom is -0.444 e. The molecule has 2 bridgehead atoms. The van der Waals surface area contributed by atoms with Gasteiger partial charge in [0.25, 0.3) is 5.91 Å². The Morgan fingerprint density at radius 3 is 2.51 bits per heavy atom. The molecule has 2 fully saturated rings. The molecule has 0 spiro atoms. The van der Waals surface area contributed by atoms with Crippen LogP contribution in [-0.2, 0) is 4.74 Å². The molecular formula is C25H29FN6O3. The second kappa shape index (κ2) is 8.51. The Morgan fingerprint density at radius 2 is 1.86 bits per heavy atom. The summed E-state index contributed by atoms with van der Waals surface area (Å²) >= 11 is 0. The number of amides is 2. The summed E-state index contributed by atoms with van der Waals surface area (Å²) in [6.07, 6.45) is 6.37. The molecule has 2 atom stereocenters. The third kappa shape index (κ3) is 4.65. The summed E-state index contributed by atoms with van der Waals surface area (Å²) in [5.74, 6) is -1.04. The summed E-state index contributed by atoms with van der Waals surface area (Å²) in [5, 5.41) is 2.60. The van der Waals surface area contributed by atoms with Crippen LogP contribution >= 0.6 is 0 Å². The number of imidazole rings is 1. The summed E-state index contributed by atoms with van der Waals surface area (Å²) in [5.41, 5.74) is 1.86. The van der Waals surface area contributed by atoms with E-state index in [-0.39, 0.29) is 29.6 Å². The van der Waals surface area contributed by atoms with Crippen molar-refractivity contribution in [1.82, 2.24) is 19.3 Å². The van der Waals surface area contributed by atoms with Crippen LogP contribution in [0.4, 0.5) is 20.6 Å². The molecule has 3 aromatic rings. The molecule has 0 saturated carbocycles. The highest BCUT2D eigenvalue weighted by atomic mass is 19.1. The average molecular weight is 481 g/mol. The van der Waals surface area contributed by atoms with E-state index in [0.29, 0.717) is 18.7 Å². The summed E-state index contributed by atoms with van der Waals surface area (Å²) < 4.78 is 22.3. The minimum absolute atomic E-state index is 0.0267. The van der Waals surface area contributed by atoms with Crippen LogP contribution in [0, 0.1) is 12.7 Å². The van der Waals surface area contributed by atoms with E-state index in [0.717, 1.165) is 24.2 Å². The predicted molar refractivity (Wildman–Crippen MR) is 129 cm³/mol. The van der Waals surface area contributed by atoms with Crippen molar-refractivity contribution in [2.24, 2.45) is 0 Å². The predicted octanol–water partition coefficient (Wildman–Crippen LogP) is 4.02. The summed E-state index contributed by atoms with van der Waals surface area (Å²) in [6, 6.07) is 4.83. The maximum absolute atomic E-state index is 15.0. The van der Waals surface area contributed by atoms with Gasteiger partial charge in [0.05, 0.1) is 29.7 Å². The lowest BCUT2D eigenvalue weighted by Gasteiger charge is -2.42. The largest absolute Gasteiger partial charge is 0.444 e. The summed E-state index contributed by atoms with van der Waals surface area (Å²) in [4.78, 5) is 37.7. The molecule has 2 aliphatic heterocycles. The molecule has 10 heteroatoms. The van der Waals surface area contributed by atoms with E-state index in [4.69, 9.17) is 4.74 Å². The number of carbonyl (C=O) groups excluding carboxylic acids is 2. The van der Waals surface area contributed by atoms with E-state index in [9.17, 15) is 14.0 Å². The van der Waals surface area contributed by atoms with Crippen molar-refractivity contribution in [3.63, 3.8) is 0 Å². The van der Waals surface area contributed by atoms with Gasteiger partial charge in [-0.3, -0.25) is 9.69 Å². The third-order valence-corrected chi connectivity index (χ3v) is 6.35. The molecule has 2 amide bonds. The molecule has 0 radical (unpaired) electrons. The highest BCUT2D eigenvalue weighted by Crippen LogP contribution is 2.34. The maximum atomic E-state index is 15.0. The van der Waals surface area contributed by atoms with Crippen molar-refractivity contribution in [2.75, 3.05) is 23.3 Å². The Hall–Kier alpha value is -3.69. The van der Waals surface area contributed by atoms with Crippen molar-refractivity contribution in [1.29, 1.82) is 0 Å². The van der Waals surface area contributed by atoms with Gasteiger partial charge in [-0.15, -0.1) is 0 Å². The number of ether oxygens (including phenoxy) is 1. The lowest BCUT2D eigenvalue weighted by atomic mass is 10.1. The van der Waals surface area contributed by atoms with E-state index in [1.807, 2.05) is 32.6 Å². The van der Waals surface area contributed by atoms with E-state index in [2.05, 4.69) is 20.2 Å². The zero-order chi connectivity index (χ0) is 24.9. The van der Waals surface area contributed by atoms with Crippen LogP contribution in [0.15, 0.2) is 36.8 Å². The highest BCUT2D eigenvalue weighted by molar-refractivity contribution is 6.02. The molecule has 4 heterocycles. The fourth-order valence-electron chi connectivity index (χ4n) is 4.86. The van der Waals surface area contributed by atoms with Crippen molar-refractivity contribution in [3.8, 4) is 0 Å². The monoisotopic (exact) mass is 480 g/mol. The Kier molecular flexibility index (Phi) is 5.61. The van der Waals surface area contributed by atoms with Crippen LogP contribution in [0.5, 0.6) is 0 Å². The number of hydrogen-bond acceptors (Lipinski definition) is 6. The number of aromatic nitrogens is 3. The molecule has 1 aromatic carbocycles. The zero-order valence-electron chi connectivity index (χ0n) is 20.3. The van der Waals surface area contributed by atoms with Gasteiger partial charge in [-0.2, -0.15) is 0 Å². The fourth-order valence-corrected chi connectivity index (χ4v) is 4.86. The van der Waals surface area contributed by atoms with E-state index in [1.165, 1.54) is 12.3 Å². The van der Waals surface area contributed by atoms with Gasteiger partial charge in [-0.25, -0.2) is 19.2 Å². The van der Waals surface area contributed by atoms with Crippen molar-refractivity contribution >= 4 is 29.0 Å². The SMILES string of the molecule is Cc1cn2cc(C(=O)Nc3ccc(N4C[C@H]5CC[C@@H](C4)N5C(=O)OC(C)(C)C)cc3F)ncc2n1. The number of nitrogens with zero attached hydrogens (tertiary/aromatic N) is 5. The van der Waals surface area contributed by atoms with Crippen molar-refractivity contribution < 1.29 is 18.7 Å². The van der Waals surface area contributed by atoms with Crippen LogP contribution < -0.4 is 10.2 Å². The first kappa shape index (κ1) is 23.1. The molecule has 2 aromatic heterocycles. The smallest absolute Gasteiger partial charge is 0.410 e. The molecule has 2 aliphatic rings. The van der Waals surface area contributed by atoms with Gasteiger partial charge >= 0.3 is 6.09 Å². The number of benzene rings is 1. The second-order valence-corrected chi connectivity index (χ2v) is 10.2. The lowest BCUT2D eigenvalue weighted by Crippen LogP contribution is -2.56. The van der Waals surface area contributed by atoms with Gasteiger partial charge in [0.15, 0.2) is 5.65 Å². The van der Waals surface area contributed by atoms with Gasteiger partial charge in [-0.1, -0.05) is 0 Å². The minimum atomic E-state index is -0.546. The van der Waals surface area contributed by atoms with Crippen LogP contribution in [0.3, 0.4) is 0 Å². The first-order valence-corrected chi connectivity index (χ1v) is 11.8. The van der Waals surface area contributed by atoms with Crippen LogP contribution in [0.1, 0.15) is 49.8 Å². The van der Waals surface area contributed by atoms with Crippen LogP contribution in [0.2, 0.25) is 0 Å². The van der Waals surface area contributed by atoms with Gasteiger partial charge in [0, 0.05) is 31.2 Å². The Balaban J connectivity index is 1.27. The van der Waals surface area contributed by atoms with Gasteiger partial charge in [-0.05, 0) is 58.7 Å². The van der Waals surface area contributed by atoms with Gasteiger partial charge in [0.1, 0.15) is 17.1 Å². The standard InChI is InChI=1S/C25H29FN6O3/c1-15-11-31-14-21(27-10-22(31)28-15)23(33)29-20-8-7-16(9-19(20)26)30-12-17-5-6-18(13-30)32(17)24(34)35-25(2,3)4/h7-11,14,17-18H,5-6,12-13H2,1-4H3,(H,29,33)/t17-,18+. The number of halogens is 1. The molecule has 0 unspecified atom stereocenters. The van der Waals surface area contributed by atoms with Crippen molar-refractivity contribution in [3.05, 3.63) is 54.0 Å². The van der Waals surface area contributed by atoms with E-state index in [1.54, 1.807) is 28.9 Å². The van der Waals surface area contributed by atoms with E-state index < -0.39 is 17.3 Å².